The largest absolute Gasteiger partial charge is 0.496 e. The molecule has 8 nitrogen and oxygen atoms in total. The fourth-order valence-electron chi connectivity index (χ4n) is 9.95. The topological polar surface area (TPSA) is 113 Å². The molecule has 2 aromatic carbocycles. The van der Waals surface area contributed by atoms with Gasteiger partial charge >= 0.3 is 5.97 Å². The first kappa shape index (κ1) is 43.3. The summed E-state index contributed by atoms with van der Waals surface area (Å²) >= 11 is 0. The third-order valence-corrected chi connectivity index (χ3v) is 13.4. The second kappa shape index (κ2) is 17.5. The molecule has 3 saturated carbocycles. The highest BCUT2D eigenvalue weighted by Crippen LogP contribution is 2.58. The van der Waals surface area contributed by atoms with Crippen LogP contribution in [0, 0.1) is 47.3 Å². The summed E-state index contributed by atoms with van der Waals surface area (Å²) in [4.78, 5) is 68.4. The van der Waals surface area contributed by atoms with Crippen LogP contribution in [0.4, 0.5) is 0 Å². The molecule has 3 fully saturated rings. The highest BCUT2D eigenvalue weighted by molar-refractivity contribution is 5.98. The number of ketones is 4. The molecule has 0 aliphatic heterocycles. The molecule has 8 heteroatoms. The third kappa shape index (κ3) is 9.42. The molecule has 312 valence electrons. The molecule has 0 bridgehead atoms. The van der Waals surface area contributed by atoms with Crippen molar-refractivity contribution in [2.45, 2.75) is 138 Å². The van der Waals surface area contributed by atoms with Gasteiger partial charge in [-0.2, -0.15) is 0 Å². The van der Waals surface area contributed by atoms with E-state index in [2.05, 4.69) is 38.6 Å². The van der Waals surface area contributed by atoms with Crippen LogP contribution in [0.2, 0.25) is 0 Å². The summed E-state index contributed by atoms with van der Waals surface area (Å²) in [5.41, 5.74) is 2.67. The van der Waals surface area contributed by atoms with Crippen molar-refractivity contribution in [2.24, 2.45) is 40.4 Å². The number of methoxy groups -OCH3 is 1. The number of ether oxygens (including phenoxy) is 3. The van der Waals surface area contributed by atoms with Crippen molar-refractivity contribution in [3.8, 4) is 11.5 Å². The Morgan fingerprint density at radius 1 is 0.948 bits per heavy atom. The lowest BCUT2D eigenvalue weighted by Gasteiger charge is -2.32. The number of hydrogen-bond acceptors (Lipinski definition) is 8. The molecule has 0 N–H and O–H groups in total. The van der Waals surface area contributed by atoms with Gasteiger partial charge in [-0.3, -0.25) is 24.0 Å². The molecule has 4 aliphatic carbocycles. The fourth-order valence-corrected chi connectivity index (χ4v) is 9.95. The van der Waals surface area contributed by atoms with E-state index in [-0.39, 0.29) is 54.0 Å². The van der Waals surface area contributed by atoms with Crippen molar-refractivity contribution in [1.29, 1.82) is 0 Å². The van der Waals surface area contributed by atoms with E-state index in [4.69, 9.17) is 14.2 Å². The minimum Gasteiger partial charge on any atom is -0.496 e. The number of carbonyl (C=O) groups is 5. The van der Waals surface area contributed by atoms with Crippen molar-refractivity contribution in [1.82, 2.24) is 0 Å². The zero-order valence-corrected chi connectivity index (χ0v) is 36.0. The first-order valence-corrected chi connectivity index (χ1v) is 21.5. The number of Topliss-reactive ketones (excluding diaryl/α,β-unsaturated/α-hetero) is 4. The molecule has 6 unspecified atom stereocenters. The van der Waals surface area contributed by atoms with Gasteiger partial charge in [-0.25, -0.2) is 0 Å². The molecular formula is C50H64O8. The lowest BCUT2D eigenvalue weighted by Crippen LogP contribution is -2.39. The van der Waals surface area contributed by atoms with Gasteiger partial charge in [-0.15, -0.1) is 6.58 Å². The maximum Gasteiger partial charge on any atom is 0.306 e. The first-order valence-electron chi connectivity index (χ1n) is 21.5. The fraction of sp³-hybridized carbons (Fsp3) is 0.580. The Bertz CT molecular complexity index is 2020. The number of hydrogen-bond donors (Lipinski definition) is 0. The van der Waals surface area contributed by atoms with E-state index in [1.807, 2.05) is 45.9 Å². The van der Waals surface area contributed by atoms with Crippen molar-refractivity contribution in [3.05, 3.63) is 65.8 Å². The smallest absolute Gasteiger partial charge is 0.306 e. The monoisotopic (exact) mass is 792 g/mol. The second-order valence-electron chi connectivity index (χ2n) is 19.2. The molecule has 0 spiro atoms. The molecule has 2 aromatic rings. The van der Waals surface area contributed by atoms with Crippen LogP contribution < -0.4 is 9.47 Å². The summed E-state index contributed by atoms with van der Waals surface area (Å²) in [6, 6.07) is 8.08. The van der Waals surface area contributed by atoms with Gasteiger partial charge in [-0.05, 0) is 129 Å². The second-order valence-corrected chi connectivity index (χ2v) is 19.2. The van der Waals surface area contributed by atoms with E-state index < -0.39 is 34.7 Å². The van der Waals surface area contributed by atoms with E-state index in [1.54, 1.807) is 20.1 Å². The van der Waals surface area contributed by atoms with Crippen LogP contribution in [0.5, 0.6) is 11.5 Å². The van der Waals surface area contributed by atoms with E-state index in [1.165, 1.54) is 0 Å². The van der Waals surface area contributed by atoms with Crippen molar-refractivity contribution >= 4 is 45.4 Å². The average Bonchev–Trinajstić information content (AvgIpc) is 3.56. The SMILES string of the molecule is C=CC1CC1(CC(=O)C1CC(Oc2cc(C3=CCC(CC(=O)CC(C)C)=C3)cc3c(C)c(OC)ccc23)CC1C(=O)C(CC(=O)OC1CCCC1)C(C)(C)C)C(C)=O. The summed E-state index contributed by atoms with van der Waals surface area (Å²) in [7, 11) is 1.65. The standard InChI is InChI=1S/C50H64O8/c1-10-35-27-50(35,31(5)51)28-44(53)41-24-38(25-42(41)48(55)43(49(6,7)8)26-47(54)58-37-13-11-12-14-37)57-46-23-34(22-40-30(4)45(56-9)18-17-39(40)46)33-16-15-32(20-33)21-36(52)19-29(2)3/h10,16-18,20,22-23,29,35,37-38,41-43H,1,11-15,19,21,24-28H2,2-9H3. The third-order valence-electron chi connectivity index (χ3n) is 13.4. The van der Waals surface area contributed by atoms with E-state index >= 15 is 0 Å². The van der Waals surface area contributed by atoms with Crippen LogP contribution in [0.1, 0.15) is 130 Å². The maximum absolute atomic E-state index is 14.9. The van der Waals surface area contributed by atoms with Crippen LogP contribution in [0.3, 0.4) is 0 Å². The number of fused-ring (bicyclic) bond motifs is 1. The molecule has 58 heavy (non-hydrogen) atoms. The first-order chi connectivity index (χ1) is 27.4. The van der Waals surface area contributed by atoms with E-state index in [9.17, 15) is 24.0 Å². The highest BCUT2D eigenvalue weighted by atomic mass is 16.5. The van der Waals surface area contributed by atoms with E-state index in [0.717, 1.165) is 64.5 Å². The molecule has 0 saturated heterocycles. The van der Waals surface area contributed by atoms with Crippen LogP contribution in [0.15, 0.2) is 54.6 Å². The Balaban J connectivity index is 1.33. The Kier molecular flexibility index (Phi) is 13.0. The van der Waals surface area contributed by atoms with Crippen LogP contribution in [-0.2, 0) is 28.7 Å². The predicted octanol–water partition coefficient (Wildman–Crippen LogP) is 10.5. The van der Waals surface area contributed by atoms with Crippen molar-refractivity contribution in [3.63, 3.8) is 0 Å². The highest BCUT2D eigenvalue weighted by Gasteiger charge is 2.59. The van der Waals surface area contributed by atoms with Gasteiger partial charge in [-0.1, -0.05) is 58.4 Å². The number of carbonyl (C=O) groups excluding carboxylic acids is 5. The van der Waals surface area contributed by atoms with Crippen LogP contribution in [-0.4, -0.2) is 48.4 Å². The molecule has 0 heterocycles. The minimum absolute atomic E-state index is 0.0292. The predicted molar refractivity (Wildman–Crippen MR) is 228 cm³/mol. The number of rotatable bonds is 18. The molecule has 6 atom stereocenters. The number of allylic oxidation sites excluding steroid dienone is 5. The maximum atomic E-state index is 14.9. The Morgan fingerprint density at radius 2 is 1.66 bits per heavy atom. The summed E-state index contributed by atoms with van der Waals surface area (Å²) in [6.45, 7) is 17.5. The summed E-state index contributed by atoms with van der Waals surface area (Å²) in [5.74, 6) is -0.757. The van der Waals surface area contributed by atoms with Gasteiger partial charge in [0.25, 0.3) is 0 Å². The Hall–Kier alpha value is -4.33. The van der Waals surface area contributed by atoms with Gasteiger partial charge in [0.1, 0.15) is 46.8 Å². The van der Waals surface area contributed by atoms with E-state index in [0.29, 0.717) is 50.2 Å². The number of benzene rings is 2. The van der Waals surface area contributed by atoms with Gasteiger partial charge in [0, 0.05) is 47.8 Å². The van der Waals surface area contributed by atoms with Gasteiger partial charge in [0.15, 0.2) is 0 Å². The normalized spacial score (nSPS) is 25.0. The number of esters is 1. The lowest BCUT2D eigenvalue weighted by molar-refractivity contribution is -0.154. The van der Waals surface area contributed by atoms with Crippen molar-refractivity contribution < 1.29 is 38.2 Å². The molecular weight excluding hydrogens is 729 g/mol. The molecule has 0 radical (unpaired) electrons. The molecule has 6 rings (SSSR count). The number of aryl methyl sites for hydroxylation is 1. The molecule has 0 amide bonds. The zero-order valence-electron chi connectivity index (χ0n) is 36.0. The summed E-state index contributed by atoms with van der Waals surface area (Å²) < 4.78 is 18.5. The zero-order chi connectivity index (χ0) is 42.1. The average molecular weight is 793 g/mol. The van der Waals surface area contributed by atoms with Gasteiger partial charge < -0.3 is 14.2 Å². The van der Waals surface area contributed by atoms with Crippen molar-refractivity contribution in [2.75, 3.05) is 7.11 Å². The summed E-state index contributed by atoms with van der Waals surface area (Å²) in [6.07, 6.45) is 12.1. The summed E-state index contributed by atoms with van der Waals surface area (Å²) in [5, 5.41) is 1.85. The van der Waals surface area contributed by atoms with Gasteiger partial charge in [0.2, 0.25) is 0 Å². The Labute approximate surface area is 345 Å². The quantitative estimate of drug-likeness (QED) is 0.108. The molecule has 0 aromatic heterocycles. The van der Waals surface area contributed by atoms with Crippen LogP contribution in [0.25, 0.3) is 16.3 Å². The lowest BCUT2D eigenvalue weighted by atomic mass is 9.70. The Morgan fingerprint density at radius 3 is 2.28 bits per heavy atom. The minimum atomic E-state index is -0.776. The molecule has 4 aliphatic rings. The van der Waals surface area contributed by atoms with Gasteiger partial charge in [0.05, 0.1) is 13.5 Å². The van der Waals surface area contributed by atoms with Crippen LogP contribution >= 0.6 is 0 Å².